The van der Waals surface area contributed by atoms with E-state index in [2.05, 4.69) is 10.5 Å². The quantitative estimate of drug-likeness (QED) is 0.615. The minimum atomic E-state index is -1.00. The van der Waals surface area contributed by atoms with E-state index in [1.807, 2.05) is 0 Å². The van der Waals surface area contributed by atoms with E-state index in [9.17, 15) is 9.18 Å². The number of primary amides is 1. The second-order valence-corrected chi connectivity index (χ2v) is 3.06. The van der Waals surface area contributed by atoms with Crippen LogP contribution in [0.25, 0.3) is 0 Å². The molecule has 0 aliphatic carbocycles. The topological polar surface area (TPSA) is 91.3 Å². The van der Waals surface area contributed by atoms with Crippen LogP contribution in [-0.2, 0) is 4.79 Å². The molecule has 0 aliphatic heterocycles. The lowest BCUT2D eigenvalue weighted by atomic mass is 10.3. The first-order valence-corrected chi connectivity index (χ1v) is 4.41. The van der Waals surface area contributed by atoms with Gasteiger partial charge in [0.1, 0.15) is 6.07 Å². The molecule has 0 unspecified atom stereocenters. The summed E-state index contributed by atoms with van der Waals surface area (Å²) < 4.78 is 13.3. The number of amides is 1. The van der Waals surface area contributed by atoms with Crippen molar-refractivity contribution in [3.05, 3.63) is 29.0 Å². The fourth-order valence-corrected chi connectivity index (χ4v) is 1.02. The highest BCUT2D eigenvalue weighted by atomic mass is 35.5. The molecule has 3 N–H and O–H groups in total. The molecular weight excluding hydrogens is 235 g/mol. The molecule has 1 aromatic rings. The number of carbonyl (C=O) groups excluding carboxylic acids is 1. The Balaban J connectivity index is 2.95. The zero-order chi connectivity index (χ0) is 12.1. The molecule has 0 fully saturated rings. The average Bonchev–Trinajstić information content (AvgIpc) is 2.24. The number of hydrogen-bond donors (Lipinski definition) is 2. The standard InChI is InChI=1S/C9H6ClFN4O/c10-5-2-1-3-6(8(5)11)14-15-7(4-12)9(13)16/h1-3,14H,(H2,13,16). The molecule has 16 heavy (non-hydrogen) atoms. The summed E-state index contributed by atoms with van der Waals surface area (Å²) in [4.78, 5) is 10.6. The van der Waals surface area contributed by atoms with Gasteiger partial charge in [0.15, 0.2) is 5.82 Å². The summed E-state index contributed by atoms with van der Waals surface area (Å²) in [6, 6.07) is 5.65. The third kappa shape index (κ3) is 2.68. The second-order valence-electron chi connectivity index (χ2n) is 2.65. The van der Waals surface area contributed by atoms with Crippen LogP contribution in [-0.4, -0.2) is 11.6 Å². The third-order valence-corrected chi connectivity index (χ3v) is 1.87. The van der Waals surface area contributed by atoms with Gasteiger partial charge in [0.05, 0.1) is 10.7 Å². The molecule has 1 rings (SSSR count). The molecule has 0 atom stereocenters. The van der Waals surface area contributed by atoms with Crippen molar-refractivity contribution < 1.29 is 9.18 Å². The van der Waals surface area contributed by atoms with Crippen molar-refractivity contribution in [2.45, 2.75) is 0 Å². The molecule has 0 aromatic heterocycles. The molecule has 0 saturated carbocycles. The zero-order valence-corrected chi connectivity index (χ0v) is 8.62. The summed E-state index contributed by atoms with van der Waals surface area (Å²) >= 11 is 5.51. The van der Waals surface area contributed by atoms with E-state index in [4.69, 9.17) is 22.6 Å². The number of hydrogen-bond acceptors (Lipinski definition) is 4. The van der Waals surface area contributed by atoms with Crippen LogP contribution >= 0.6 is 11.6 Å². The summed E-state index contributed by atoms with van der Waals surface area (Å²) in [5, 5.41) is 11.7. The molecule has 1 amide bonds. The number of carbonyl (C=O) groups is 1. The number of halogens is 2. The lowest BCUT2D eigenvalue weighted by Gasteiger charge is -2.02. The lowest BCUT2D eigenvalue weighted by molar-refractivity contribution is -0.111. The van der Waals surface area contributed by atoms with Gasteiger partial charge >= 0.3 is 0 Å². The maximum Gasteiger partial charge on any atom is 0.280 e. The first-order valence-electron chi connectivity index (χ1n) is 4.04. The van der Waals surface area contributed by atoms with Crippen LogP contribution in [0.1, 0.15) is 0 Å². The zero-order valence-electron chi connectivity index (χ0n) is 7.87. The molecule has 0 radical (unpaired) electrons. The molecule has 82 valence electrons. The van der Waals surface area contributed by atoms with E-state index in [1.54, 1.807) is 0 Å². The minimum absolute atomic E-state index is 0.0542. The van der Waals surface area contributed by atoms with E-state index in [0.29, 0.717) is 0 Å². The number of nitrogens with two attached hydrogens (primary N) is 1. The van der Waals surface area contributed by atoms with Gasteiger partial charge in [-0.2, -0.15) is 10.4 Å². The van der Waals surface area contributed by atoms with Crippen LogP contribution in [0.4, 0.5) is 10.1 Å². The largest absolute Gasteiger partial charge is 0.364 e. The van der Waals surface area contributed by atoms with Crippen LogP contribution in [0.3, 0.4) is 0 Å². The van der Waals surface area contributed by atoms with Crippen molar-refractivity contribution in [2.24, 2.45) is 10.8 Å². The lowest BCUT2D eigenvalue weighted by Crippen LogP contribution is -2.22. The highest BCUT2D eigenvalue weighted by molar-refractivity contribution is 6.44. The van der Waals surface area contributed by atoms with Gasteiger partial charge < -0.3 is 5.73 Å². The molecule has 0 spiro atoms. The van der Waals surface area contributed by atoms with E-state index >= 15 is 0 Å². The predicted octanol–water partition coefficient (Wildman–Crippen LogP) is 1.26. The molecule has 0 heterocycles. The predicted molar refractivity (Wildman–Crippen MR) is 57.3 cm³/mol. The van der Waals surface area contributed by atoms with Crippen molar-refractivity contribution >= 4 is 28.9 Å². The summed E-state index contributed by atoms with van der Waals surface area (Å²) in [5.41, 5.74) is 6.41. The van der Waals surface area contributed by atoms with Crippen LogP contribution in [0, 0.1) is 17.1 Å². The van der Waals surface area contributed by atoms with Gasteiger partial charge in [-0.05, 0) is 12.1 Å². The monoisotopic (exact) mass is 240 g/mol. The van der Waals surface area contributed by atoms with Crippen molar-refractivity contribution in [3.8, 4) is 6.07 Å². The molecular formula is C9H6ClFN4O. The Morgan fingerprint density at radius 3 is 2.88 bits per heavy atom. The number of nitrogens with one attached hydrogen (secondary N) is 1. The normalized spacial score (nSPS) is 10.7. The number of nitrogens with zero attached hydrogens (tertiary/aromatic N) is 2. The van der Waals surface area contributed by atoms with Gasteiger partial charge in [-0.3, -0.25) is 10.2 Å². The summed E-state index contributed by atoms with van der Waals surface area (Å²) in [5.74, 6) is -1.73. The Kier molecular flexibility index (Phi) is 3.80. The van der Waals surface area contributed by atoms with Crippen molar-refractivity contribution in [2.75, 3.05) is 5.43 Å². The third-order valence-electron chi connectivity index (χ3n) is 1.58. The van der Waals surface area contributed by atoms with Crippen LogP contribution in [0.2, 0.25) is 5.02 Å². The van der Waals surface area contributed by atoms with Crippen LogP contribution in [0.15, 0.2) is 23.3 Å². The van der Waals surface area contributed by atoms with Gasteiger partial charge in [-0.15, -0.1) is 0 Å². The highest BCUT2D eigenvalue weighted by Gasteiger charge is 2.08. The Morgan fingerprint density at radius 2 is 2.31 bits per heavy atom. The number of hydrazone groups is 1. The van der Waals surface area contributed by atoms with E-state index < -0.39 is 17.4 Å². The van der Waals surface area contributed by atoms with Gasteiger partial charge in [-0.25, -0.2) is 4.39 Å². The fourth-order valence-electron chi connectivity index (χ4n) is 0.841. The number of nitriles is 1. The molecule has 7 heteroatoms. The smallest absolute Gasteiger partial charge is 0.280 e. The van der Waals surface area contributed by atoms with Crippen molar-refractivity contribution in [1.29, 1.82) is 5.26 Å². The minimum Gasteiger partial charge on any atom is -0.364 e. The number of benzene rings is 1. The molecule has 1 aromatic carbocycles. The second kappa shape index (κ2) is 5.09. The average molecular weight is 241 g/mol. The van der Waals surface area contributed by atoms with Crippen molar-refractivity contribution in [3.63, 3.8) is 0 Å². The van der Waals surface area contributed by atoms with Crippen LogP contribution < -0.4 is 11.2 Å². The van der Waals surface area contributed by atoms with Crippen molar-refractivity contribution in [1.82, 2.24) is 0 Å². The fraction of sp³-hybridized carbons (Fsp3) is 0. The molecule has 0 bridgehead atoms. The maximum absolute atomic E-state index is 13.3. The van der Waals surface area contributed by atoms with Gasteiger partial charge in [-0.1, -0.05) is 17.7 Å². The molecule has 0 aliphatic rings. The molecule has 0 saturated heterocycles. The Bertz CT molecular complexity index is 495. The van der Waals surface area contributed by atoms with Gasteiger partial charge in [0.25, 0.3) is 5.91 Å². The van der Waals surface area contributed by atoms with Gasteiger partial charge in [0, 0.05) is 0 Å². The highest BCUT2D eigenvalue weighted by Crippen LogP contribution is 2.21. The van der Waals surface area contributed by atoms with E-state index in [0.717, 1.165) is 0 Å². The number of anilines is 1. The first-order chi connectivity index (χ1) is 7.56. The molecule has 5 nitrogen and oxygen atoms in total. The number of rotatable bonds is 3. The SMILES string of the molecule is N#CC(=NNc1cccc(Cl)c1F)C(N)=O. The maximum atomic E-state index is 13.3. The summed E-state index contributed by atoms with van der Waals surface area (Å²) in [6.07, 6.45) is 0. The summed E-state index contributed by atoms with van der Waals surface area (Å²) in [6.45, 7) is 0. The van der Waals surface area contributed by atoms with Crippen LogP contribution in [0.5, 0.6) is 0 Å². The van der Waals surface area contributed by atoms with E-state index in [1.165, 1.54) is 24.3 Å². The summed E-state index contributed by atoms with van der Waals surface area (Å²) in [7, 11) is 0. The Hall–Kier alpha value is -2.13. The Labute approximate surface area is 95.3 Å². The van der Waals surface area contributed by atoms with E-state index in [-0.39, 0.29) is 10.7 Å². The van der Waals surface area contributed by atoms with Gasteiger partial charge in [0.2, 0.25) is 5.71 Å². The first kappa shape index (κ1) is 11.9. The Morgan fingerprint density at radius 1 is 1.62 bits per heavy atom.